The van der Waals surface area contributed by atoms with Crippen LogP contribution in [0, 0.1) is 0 Å². The second-order valence-corrected chi connectivity index (χ2v) is 5.79. The first-order chi connectivity index (χ1) is 12.2. The minimum atomic E-state index is 0. The Bertz CT molecular complexity index is 628. The van der Waals surface area contributed by atoms with Gasteiger partial charge in [0.1, 0.15) is 5.75 Å². The van der Waals surface area contributed by atoms with E-state index in [4.69, 9.17) is 9.73 Å². The van der Waals surface area contributed by atoms with Crippen LogP contribution in [-0.2, 0) is 13.1 Å². The number of aromatic nitrogens is 2. The minimum absolute atomic E-state index is 0. The number of aryl methyl sites for hydroxylation is 1. The van der Waals surface area contributed by atoms with Crippen LogP contribution in [-0.4, -0.2) is 47.4 Å². The standard InChI is InChI=1S/C19H29N5O.HI/c1-4-20-19(21-12-6-14-24-15-7-13-22-24)23(3)16-17-8-10-18(11-9-17)25-5-2;/h7-11,13,15H,4-6,12,14,16H2,1-3H3,(H,20,21);1H. The molecule has 144 valence electrons. The van der Waals surface area contributed by atoms with Crippen LogP contribution < -0.4 is 10.1 Å². The molecule has 0 unspecified atom stereocenters. The van der Waals surface area contributed by atoms with Crippen molar-refractivity contribution >= 4 is 29.9 Å². The first kappa shape index (κ1) is 22.3. The molecular weight excluding hydrogens is 441 g/mol. The Kier molecular flexibility index (Phi) is 10.8. The van der Waals surface area contributed by atoms with E-state index in [-0.39, 0.29) is 24.0 Å². The molecule has 0 aliphatic rings. The highest BCUT2D eigenvalue weighted by Crippen LogP contribution is 2.13. The summed E-state index contributed by atoms with van der Waals surface area (Å²) in [5.41, 5.74) is 1.23. The average Bonchev–Trinajstić information content (AvgIpc) is 3.13. The summed E-state index contributed by atoms with van der Waals surface area (Å²) in [6, 6.07) is 10.2. The predicted molar refractivity (Wildman–Crippen MR) is 117 cm³/mol. The minimum Gasteiger partial charge on any atom is -0.494 e. The average molecular weight is 471 g/mol. The zero-order chi connectivity index (χ0) is 17.9. The first-order valence-corrected chi connectivity index (χ1v) is 8.91. The number of hydrogen-bond donors (Lipinski definition) is 1. The van der Waals surface area contributed by atoms with E-state index >= 15 is 0 Å². The van der Waals surface area contributed by atoms with E-state index in [1.54, 1.807) is 6.20 Å². The summed E-state index contributed by atoms with van der Waals surface area (Å²) in [7, 11) is 2.06. The molecule has 0 saturated carbocycles. The number of ether oxygens (including phenoxy) is 1. The van der Waals surface area contributed by atoms with Crippen molar-refractivity contribution in [3.63, 3.8) is 0 Å². The van der Waals surface area contributed by atoms with Gasteiger partial charge in [-0.25, -0.2) is 0 Å². The van der Waals surface area contributed by atoms with Crippen LogP contribution in [0.1, 0.15) is 25.8 Å². The second-order valence-electron chi connectivity index (χ2n) is 5.79. The van der Waals surface area contributed by atoms with Gasteiger partial charge in [0.05, 0.1) is 6.61 Å². The fourth-order valence-electron chi connectivity index (χ4n) is 2.53. The van der Waals surface area contributed by atoms with Gasteiger partial charge in [-0.05, 0) is 44.0 Å². The molecule has 1 aromatic carbocycles. The van der Waals surface area contributed by atoms with Crippen LogP contribution in [0.2, 0.25) is 0 Å². The molecule has 1 heterocycles. The number of benzene rings is 1. The molecule has 0 atom stereocenters. The highest BCUT2D eigenvalue weighted by Gasteiger charge is 2.06. The quantitative estimate of drug-likeness (QED) is 0.264. The zero-order valence-corrected chi connectivity index (χ0v) is 18.2. The van der Waals surface area contributed by atoms with E-state index in [9.17, 15) is 0 Å². The van der Waals surface area contributed by atoms with Gasteiger partial charge in [0, 0.05) is 45.6 Å². The summed E-state index contributed by atoms with van der Waals surface area (Å²) >= 11 is 0. The van der Waals surface area contributed by atoms with Gasteiger partial charge in [0.25, 0.3) is 0 Å². The fourth-order valence-corrected chi connectivity index (χ4v) is 2.53. The summed E-state index contributed by atoms with van der Waals surface area (Å²) in [6.45, 7) is 8.09. The van der Waals surface area contributed by atoms with Crippen molar-refractivity contribution in [1.29, 1.82) is 0 Å². The number of halogens is 1. The maximum atomic E-state index is 5.49. The Labute approximate surface area is 173 Å². The third-order valence-electron chi connectivity index (χ3n) is 3.72. The van der Waals surface area contributed by atoms with Gasteiger partial charge in [-0.1, -0.05) is 12.1 Å². The Morgan fingerprint density at radius 3 is 2.65 bits per heavy atom. The Hall–Kier alpha value is -1.77. The highest BCUT2D eigenvalue weighted by atomic mass is 127. The lowest BCUT2D eigenvalue weighted by molar-refractivity contribution is 0.340. The van der Waals surface area contributed by atoms with Crippen LogP contribution in [0.25, 0.3) is 0 Å². The van der Waals surface area contributed by atoms with E-state index < -0.39 is 0 Å². The molecule has 0 aliphatic carbocycles. The lowest BCUT2D eigenvalue weighted by Gasteiger charge is -2.22. The molecule has 0 saturated heterocycles. The lowest BCUT2D eigenvalue weighted by atomic mass is 10.2. The van der Waals surface area contributed by atoms with E-state index in [1.807, 2.05) is 36.0 Å². The van der Waals surface area contributed by atoms with Gasteiger partial charge in [0.2, 0.25) is 0 Å². The Morgan fingerprint density at radius 1 is 1.27 bits per heavy atom. The number of rotatable bonds is 9. The van der Waals surface area contributed by atoms with E-state index in [0.29, 0.717) is 6.61 Å². The van der Waals surface area contributed by atoms with Crippen molar-refractivity contribution < 1.29 is 4.74 Å². The summed E-state index contributed by atoms with van der Waals surface area (Å²) in [4.78, 5) is 6.87. The lowest BCUT2D eigenvalue weighted by Crippen LogP contribution is -2.38. The SMILES string of the molecule is CCNC(=NCCCn1cccn1)N(C)Cc1ccc(OCC)cc1.I. The number of guanidine groups is 1. The molecule has 1 N–H and O–H groups in total. The maximum Gasteiger partial charge on any atom is 0.193 e. The molecular formula is C19H30IN5O. The molecule has 0 amide bonds. The third kappa shape index (κ3) is 7.63. The summed E-state index contributed by atoms with van der Waals surface area (Å²) in [5.74, 6) is 1.84. The normalized spacial score (nSPS) is 11.0. The highest BCUT2D eigenvalue weighted by molar-refractivity contribution is 14.0. The molecule has 6 nitrogen and oxygen atoms in total. The number of hydrogen-bond acceptors (Lipinski definition) is 3. The van der Waals surface area contributed by atoms with Gasteiger partial charge >= 0.3 is 0 Å². The largest absolute Gasteiger partial charge is 0.494 e. The van der Waals surface area contributed by atoms with Gasteiger partial charge in [-0.15, -0.1) is 24.0 Å². The van der Waals surface area contributed by atoms with Gasteiger partial charge in [0.15, 0.2) is 5.96 Å². The van der Waals surface area contributed by atoms with E-state index in [1.165, 1.54) is 5.56 Å². The Balaban J connectivity index is 0.00000338. The Morgan fingerprint density at radius 2 is 2.04 bits per heavy atom. The topological polar surface area (TPSA) is 54.7 Å². The third-order valence-corrected chi connectivity index (χ3v) is 3.72. The number of aliphatic imine (C=N–C) groups is 1. The monoisotopic (exact) mass is 471 g/mol. The van der Waals surface area contributed by atoms with Crippen molar-refractivity contribution in [2.24, 2.45) is 4.99 Å². The molecule has 0 fully saturated rings. The predicted octanol–water partition coefficient (Wildman–Crippen LogP) is 3.39. The van der Waals surface area contributed by atoms with Crippen LogP contribution in [0.4, 0.5) is 0 Å². The molecule has 26 heavy (non-hydrogen) atoms. The zero-order valence-electron chi connectivity index (χ0n) is 15.9. The van der Waals surface area contributed by atoms with Gasteiger partial charge in [-0.2, -0.15) is 5.10 Å². The van der Waals surface area contributed by atoms with Crippen molar-refractivity contribution in [3.8, 4) is 5.75 Å². The van der Waals surface area contributed by atoms with E-state index in [0.717, 1.165) is 44.3 Å². The van der Waals surface area contributed by atoms with Gasteiger partial charge < -0.3 is 15.0 Å². The smallest absolute Gasteiger partial charge is 0.193 e. The van der Waals surface area contributed by atoms with Crippen LogP contribution in [0.5, 0.6) is 5.75 Å². The number of nitrogens with one attached hydrogen (secondary N) is 1. The molecule has 0 bridgehead atoms. The molecule has 0 aliphatic heterocycles. The first-order valence-electron chi connectivity index (χ1n) is 8.91. The van der Waals surface area contributed by atoms with Crippen molar-refractivity contribution in [2.45, 2.75) is 33.4 Å². The summed E-state index contributed by atoms with van der Waals surface area (Å²) in [6.07, 6.45) is 4.75. The molecule has 2 aromatic rings. The van der Waals surface area contributed by atoms with Crippen molar-refractivity contribution in [3.05, 3.63) is 48.3 Å². The van der Waals surface area contributed by atoms with E-state index in [2.05, 4.69) is 41.4 Å². The summed E-state index contributed by atoms with van der Waals surface area (Å²) < 4.78 is 7.43. The van der Waals surface area contributed by atoms with Gasteiger partial charge in [-0.3, -0.25) is 9.67 Å². The van der Waals surface area contributed by atoms with Crippen LogP contribution >= 0.6 is 24.0 Å². The molecule has 2 rings (SSSR count). The fraction of sp³-hybridized carbons (Fsp3) is 0.474. The van der Waals surface area contributed by atoms with Crippen molar-refractivity contribution in [1.82, 2.24) is 20.0 Å². The maximum absolute atomic E-state index is 5.49. The van der Waals surface area contributed by atoms with Crippen molar-refractivity contribution in [2.75, 3.05) is 26.7 Å². The molecule has 7 heteroatoms. The summed E-state index contributed by atoms with van der Waals surface area (Å²) in [5, 5.41) is 7.57. The molecule has 1 aromatic heterocycles. The molecule has 0 radical (unpaired) electrons. The second kappa shape index (κ2) is 12.6. The van der Waals surface area contributed by atoms with Crippen LogP contribution in [0.3, 0.4) is 0 Å². The van der Waals surface area contributed by atoms with Crippen LogP contribution in [0.15, 0.2) is 47.7 Å². The molecule has 0 spiro atoms. The number of nitrogens with zero attached hydrogens (tertiary/aromatic N) is 4.